The van der Waals surface area contributed by atoms with Crippen molar-refractivity contribution < 1.29 is 14.3 Å². The number of carbonyl (C=O) groups is 1. The molecule has 0 bridgehead atoms. The number of carbonyl (C=O) groups excluding carboxylic acids is 1. The van der Waals surface area contributed by atoms with Crippen molar-refractivity contribution in [2.45, 2.75) is 71.4 Å². The van der Waals surface area contributed by atoms with Crippen LogP contribution < -0.4 is 0 Å². The van der Waals surface area contributed by atoms with Crippen molar-refractivity contribution in [3.05, 3.63) is 60.7 Å². The SMILES string of the molecule is C=C(C)C(=O)OCCOC(CCCCCCCCC)n1c2ccccc2c2ccccc21. The summed E-state index contributed by atoms with van der Waals surface area (Å²) in [4.78, 5) is 11.7. The lowest BCUT2D eigenvalue weighted by Gasteiger charge is -2.22. The predicted octanol–water partition coefficient (Wildman–Crippen LogP) is 7.57. The molecule has 2 aromatic carbocycles. The van der Waals surface area contributed by atoms with Gasteiger partial charge in [-0.2, -0.15) is 0 Å². The van der Waals surface area contributed by atoms with Gasteiger partial charge >= 0.3 is 5.97 Å². The Morgan fingerprint density at radius 2 is 1.44 bits per heavy atom. The van der Waals surface area contributed by atoms with Crippen LogP contribution in [-0.4, -0.2) is 23.8 Å². The molecule has 172 valence electrons. The van der Waals surface area contributed by atoms with Crippen LogP contribution in [0.3, 0.4) is 0 Å². The van der Waals surface area contributed by atoms with E-state index in [4.69, 9.17) is 9.47 Å². The van der Waals surface area contributed by atoms with Crippen molar-refractivity contribution in [2.75, 3.05) is 13.2 Å². The summed E-state index contributed by atoms with van der Waals surface area (Å²) >= 11 is 0. The topological polar surface area (TPSA) is 40.5 Å². The summed E-state index contributed by atoms with van der Waals surface area (Å²) in [6.45, 7) is 8.14. The van der Waals surface area contributed by atoms with Gasteiger partial charge in [-0.1, -0.05) is 88.4 Å². The Labute approximate surface area is 192 Å². The largest absolute Gasteiger partial charge is 0.460 e. The molecule has 1 atom stereocenters. The minimum absolute atomic E-state index is 0.0982. The summed E-state index contributed by atoms with van der Waals surface area (Å²) < 4.78 is 13.9. The number of aromatic nitrogens is 1. The third-order valence-electron chi connectivity index (χ3n) is 5.94. The standard InChI is InChI=1S/C28H37NO3/c1-4-5-6-7-8-9-10-19-27(31-20-21-32-28(30)22(2)3)29-25-17-13-11-15-23(25)24-16-12-14-18-26(24)29/h11-18,27H,2,4-10,19-21H2,1,3H3. The molecule has 4 heteroatoms. The lowest BCUT2D eigenvalue weighted by molar-refractivity contribution is -0.141. The summed E-state index contributed by atoms with van der Waals surface area (Å²) in [5, 5.41) is 2.48. The number of nitrogens with zero attached hydrogens (tertiary/aromatic N) is 1. The van der Waals surface area contributed by atoms with Crippen molar-refractivity contribution >= 4 is 27.8 Å². The van der Waals surface area contributed by atoms with Crippen LogP contribution in [0.4, 0.5) is 0 Å². The zero-order valence-corrected chi connectivity index (χ0v) is 19.6. The lowest BCUT2D eigenvalue weighted by Crippen LogP contribution is -2.17. The maximum Gasteiger partial charge on any atom is 0.333 e. The first-order valence-electron chi connectivity index (χ1n) is 12.1. The Morgan fingerprint density at radius 3 is 2.03 bits per heavy atom. The van der Waals surface area contributed by atoms with Crippen molar-refractivity contribution in [2.24, 2.45) is 0 Å². The van der Waals surface area contributed by atoms with E-state index in [1.165, 1.54) is 60.3 Å². The Bertz CT molecular complexity index is 967. The van der Waals surface area contributed by atoms with Crippen molar-refractivity contribution in [1.29, 1.82) is 0 Å². The summed E-state index contributed by atoms with van der Waals surface area (Å²) in [6, 6.07) is 17.0. The molecule has 0 radical (unpaired) electrons. The second-order valence-electron chi connectivity index (χ2n) is 8.56. The number of para-hydroxylation sites is 2. The van der Waals surface area contributed by atoms with E-state index in [-0.39, 0.29) is 18.8 Å². The lowest BCUT2D eigenvalue weighted by atomic mass is 10.1. The van der Waals surface area contributed by atoms with E-state index in [9.17, 15) is 4.79 Å². The van der Waals surface area contributed by atoms with Crippen molar-refractivity contribution in [1.82, 2.24) is 4.57 Å². The van der Waals surface area contributed by atoms with Gasteiger partial charge in [-0.3, -0.25) is 0 Å². The highest BCUT2D eigenvalue weighted by Gasteiger charge is 2.18. The molecular weight excluding hydrogens is 398 g/mol. The van der Waals surface area contributed by atoms with E-state index >= 15 is 0 Å². The van der Waals surface area contributed by atoms with E-state index in [1.807, 2.05) is 0 Å². The Hall–Kier alpha value is -2.59. The first-order chi connectivity index (χ1) is 15.6. The van der Waals surface area contributed by atoms with Gasteiger partial charge in [0.15, 0.2) is 0 Å². The predicted molar refractivity (Wildman–Crippen MR) is 133 cm³/mol. The Balaban J connectivity index is 1.74. The molecule has 1 heterocycles. The molecule has 0 amide bonds. The molecule has 0 saturated heterocycles. The average Bonchev–Trinajstić information content (AvgIpc) is 3.14. The van der Waals surface area contributed by atoms with Crippen LogP contribution >= 0.6 is 0 Å². The molecular formula is C28H37NO3. The van der Waals surface area contributed by atoms with Gasteiger partial charge in [-0.15, -0.1) is 0 Å². The van der Waals surface area contributed by atoms with Gasteiger partial charge in [0, 0.05) is 16.3 Å². The molecule has 0 aliphatic heterocycles. The second-order valence-corrected chi connectivity index (χ2v) is 8.56. The van der Waals surface area contributed by atoms with Gasteiger partial charge in [-0.25, -0.2) is 4.79 Å². The zero-order valence-electron chi connectivity index (χ0n) is 19.6. The Kier molecular flexibility index (Phi) is 9.36. The van der Waals surface area contributed by atoms with Gasteiger partial charge in [0.05, 0.1) is 17.6 Å². The highest BCUT2D eigenvalue weighted by Crippen LogP contribution is 2.34. The smallest absolute Gasteiger partial charge is 0.333 e. The monoisotopic (exact) mass is 435 g/mol. The molecule has 0 fully saturated rings. The minimum atomic E-state index is -0.367. The first-order valence-corrected chi connectivity index (χ1v) is 12.1. The number of benzene rings is 2. The first kappa shape index (κ1) is 24.1. The van der Waals surface area contributed by atoms with Gasteiger partial charge in [0.1, 0.15) is 12.8 Å². The van der Waals surface area contributed by atoms with Gasteiger partial charge in [0.2, 0.25) is 0 Å². The molecule has 3 aromatic rings. The van der Waals surface area contributed by atoms with Crippen LogP contribution in [0, 0.1) is 0 Å². The average molecular weight is 436 g/mol. The maximum atomic E-state index is 11.7. The van der Waals surface area contributed by atoms with E-state index < -0.39 is 0 Å². The fourth-order valence-corrected chi connectivity index (χ4v) is 4.27. The number of hydrogen-bond donors (Lipinski definition) is 0. The molecule has 4 nitrogen and oxygen atoms in total. The number of ether oxygens (including phenoxy) is 2. The normalized spacial score (nSPS) is 12.3. The Morgan fingerprint density at radius 1 is 0.875 bits per heavy atom. The molecule has 0 N–H and O–H groups in total. The van der Waals surface area contributed by atoms with Gasteiger partial charge < -0.3 is 14.0 Å². The van der Waals surface area contributed by atoms with E-state index in [0.717, 1.165) is 12.8 Å². The zero-order chi connectivity index (χ0) is 22.8. The van der Waals surface area contributed by atoms with E-state index in [0.29, 0.717) is 12.2 Å². The molecule has 0 aliphatic carbocycles. The van der Waals surface area contributed by atoms with Crippen molar-refractivity contribution in [3.63, 3.8) is 0 Å². The van der Waals surface area contributed by atoms with Crippen LogP contribution in [0.5, 0.6) is 0 Å². The molecule has 1 unspecified atom stereocenters. The van der Waals surface area contributed by atoms with Crippen LogP contribution in [0.15, 0.2) is 60.7 Å². The molecule has 0 aliphatic rings. The molecule has 1 aromatic heterocycles. The third kappa shape index (κ3) is 6.23. The quantitative estimate of drug-likeness (QED) is 0.149. The number of unbranched alkanes of at least 4 members (excludes halogenated alkanes) is 6. The van der Waals surface area contributed by atoms with Gasteiger partial charge in [-0.05, 0) is 31.9 Å². The second kappa shape index (κ2) is 12.4. The number of rotatable bonds is 14. The molecule has 0 spiro atoms. The molecule has 3 rings (SSSR count). The summed E-state index contributed by atoms with van der Waals surface area (Å²) in [6.07, 6.45) is 9.69. The van der Waals surface area contributed by atoms with E-state index in [1.54, 1.807) is 6.92 Å². The van der Waals surface area contributed by atoms with E-state index in [2.05, 4.69) is 66.6 Å². The van der Waals surface area contributed by atoms with Crippen LogP contribution in [-0.2, 0) is 14.3 Å². The number of hydrogen-bond acceptors (Lipinski definition) is 3. The van der Waals surface area contributed by atoms with Crippen LogP contribution in [0.25, 0.3) is 21.8 Å². The highest BCUT2D eigenvalue weighted by molar-refractivity contribution is 6.08. The molecule has 32 heavy (non-hydrogen) atoms. The summed E-state index contributed by atoms with van der Waals surface area (Å²) in [5.41, 5.74) is 2.77. The van der Waals surface area contributed by atoms with Crippen molar-refractivity contribution in [3.8, 4) is 0 Å². The van der Waals surface area contributed by atoms with Gasteiger partial charge in [0.25, 0.3) is 0 Å². The minimum Gasteiger partial charge on any atom is -0.460 e. The summed E-state index contributed by atoms with van der Waals surface area (Å²) in [5.74, 6) is -0.367. The summed E-state index contributed by atoms with van der Waals surface area (Å²) in [7, 11) is 0. The number of fused-ring (bicyclic) bond motifs is 3. The fourth-order valence-electron chi connectivity index (χ4n) is 4.27. The van der Waals surface area contributed by atoms with Crippen LogP contribution in [0.1, 0.15) is 71.4 Å². The van der Waals surface area contributed by atoms with Crippen LogP contribution in [0.2, 0.25) is 0 Å². The molecule has 0 saturated carbocycles. The number of esters is 1. The maximum absolute atomic E-state index is 11.7. The fraction of sp³-hybridized carbons (Fsp3) is 0.464. The highest BCUT2D eigenvalue weighted by atomic mass is 16.6. The third-order valence-corrected chi connectivity index (χ3v) is 5.94.